The summed E-state index contributed by atoms with van der Waals surface area (Å²) in [6.45, 7) is 4.99. The van der Waals surface area contributed by atoms with Crippen molar-refractivity contribution >= 4 is 5.97 Å². The highest BCUT2D eigenvalue weighted by molar-refractivity contribution is 5.71. The van der Waals surface area contributed by atoms with Crippen LogP contribution in [0, 0.1) is 17.2 Å². The van der Waals surface area contributed by atoms with Crippen LogP contribution in [0.5, 0.6) is 11.5 Å². The van der Waals surface area contributed by atoms with E-state index in [1.165, 1.54) is 6.07 Å². The van der Waals surface area contributed by atoms with E-state index in [9.17, 15) is 9.90 Å². The predicted octanol–water partition coefficient (Wildman–Crippen LogP) is 8.34. The molecule has 2 fully saturated rings. The number of benzene rings is 3. The quantitative estimate of drug-likeness (QED) is 0.294. The predicted molar refractivity (Wildman–Crippen MR) is 147 cm³/mol. The summed E-state index contributed by atoms with van der Waals surface area (Å²) in [5.74, 6) is 1.16. The number of rotatable bonds is 10. The Kier molecular flexibility index (Phi) is 7.47. The van der Waals surface area contributed by atoms with E-state index in [1.54, 1.807) is 19.2 Å². The van der Waals surface area contributed by atoms with Crippen LogP contribution in [-0.4, -0.2) is 18.2 Å². The van der Waals surface area contributed by atoms with E-state index in [2.05, 4.69) is 19.9 Å². The van der Waals surface area contributed by atoms with Gasteiger partial charge in [-0.25, -0.2) is 4.39 Å². The Morgan fingerprint density at radius 3 is 2.53 bits per heavy atom. The molecule has 3 aromatic carbocycles. The number of halogens is 1. The van der Waals surface area contributed by atoms with Gasteiger partial charge in [0.1, 0.15) is 23.9 Å². The molecule has 0 heterocycles. The topological polar surface area (TPSA) is 55.8 Å². The number of aliphatic carboxylic acids is 1. The zero-order valence-corrected chi connectivity index (χ0v) is 22.5. The van der Waals surface area contributed by atoms with Crippen molar-refractivity contribution in [3.05, 3.63) is 83.2 Å². The first-order valence-electron chi connectivity index (χ1n) is 13.7. The molecule has 0 amide bonds. The first-order chi connectivity index (χ1) is 18.2. The summed E-state index contributed by atoms with van der Waals surface area (Å²) in [6.07, 6.45) is 5.70. The summed E-state index contributed by atoms with van der Waals surface area (Å²) in [6, 6.07) is 19.0. The number of hydrogen-bond donors (Lipinski definition) is 1. The summed E-state index contributed by atoms with van der Waals surface area (Å²) in [5, 5.41) is 9.39. The molecule has 0 spiro atoms. The van der Waals surface area contributed by atoms with Gasteiger partial charge in [0.2, 0.25) is 0 Å². The van der Waals surface area contributed by atoms with Crippen molar-refractivity contribution in [3.63, 3.8) is 0 Å². The Morgan fingerprint density at radius 2 is 1.84 bits per heavy atom. The van der Waals surface area contributed by atoms with Crippen LogP contribution >= 0.6 is 0 Å². The molecule has 5 rings (SSSR count). The lowest BCUT2D eigenvalue weighted by atomic mass is 9.75. The fraction of sp³-hybridized carbons (Fsp3) is 0.424. The SMILES string of the molecule is COc1ccc(F)c(-c2ccc(COc3cccc([C@@H](CC(=O)O)C4CC4)c3)cc2[C@H]2CCCC2(C)C)c1. The molecule has 2 aliphatic rings. The van der Waals surface area contributed by atoms with Gasteiger partial charge in [0.15, 0.2) is 0 Å². The molecule has 0 bridgehead atoms. The van der Waals surface area contributed by atoms with Gasteiger partial charge in [-0.1, -0.05) is 50.6 Å². The first-order valence-corrected chi connectivity index (χ1v) is 13.7. The molecule has 0 saturated heterocycles. The fourth-order valence-corrected chi connectivity index (χ4v) is 6.22. The molecule has 2 saturated carbocycles. The fourth-order valence-electron chi connectivity index (χ4n) is 6.22. The van der Waals surface area contributed by atoms with E-state index in [0.717, 1.165) is 60.1 Å². The smallest absolute Gasteiger partial charge is 0.303 e. The third kappa shape index (κ3) is 5.72. The highest BCUT2D eigenvalue weighted by Gasteiger charge is 2.37. The summed E-state index contributed by atoms with van der Waals surface area (Å²) in [7, 11) is 1.60. The molecule has 4 nitrogen and oxygen atoms in total. The summed E-state index contributed by atoms with van der Waals surface area (Å²) in [5.41, 5.74) is 4.82. The number of carboxylic acids is 1. The molecule has 2 atom stereocenters. The van der Waals surface area contributed by atoms with E-state index < -0.39 is 5.97 Å². The Hall–Kier alpha value is -3.34. The number of ether oxygens (including phenoxy) is 2. The minimum Gasteiger partial charge on any atom is -0.497 e. The second-order valence-corrected chi connectivity index (χ2v) is 11.6. The molecule has 0 aromatic heterocycles. The molecule has 200 valence electrons. The van der Waals surface area contributed by atoms with E-state index >= 15 is 4.39 Å². The van der Waals surface area contributed by atoms with Crippen molar-refractivity contribution in [1.29, 1.82) is 0 Å². The van der Waals surface area contributed by atoms with Crippen LogP contribution < -0.4 is 9.47 Å². The van der Waals surface area contributed by atoms with Crippen molar-refractivity contribution in [2.24, 2.45) is 11.3 Å². The van der Waals surface area contributed by atoms with Gasteiger partial charge >= 0.3 is 5.97 Å². The molecule has 1 N–H and O–H groups in total. The maximum absolute atomic E-state index is 15.0. The first kappa shape index (κ1) is 26.3. The third-order valence-electron chi connectivity index (χ3n) is 8.49. The molecule has 3 aromatic rings. The van der Waals surface area contributed by atoms with Crippen LogP contribution in [-0.2, 0) is 11.4 Å². The summed E-state index contributed by atoms with van der Waals surface area (Å²) < 4.78 is 26.7. The van der Waals surface area contributed by atoms with Crippen LogP contribution in [0.15, 0.2) is 60.7 Å². The Balaban J connectivity index is 1.43. The van der Waals surface area contributed by atoms with Gasteiger partial charge in [0, 0.05) is 5.56 Å². The molecule has 38 heavy (non-hydrogen) atoms. The average Bonchev–Trinajstić information content (AvgIpc) is 3.68. The van der Waals surface area contributed by atoms with Gasteiger partial charge in [-0.3, -0.25) is 4.79 Å². The Morgan fingerprint density at radius 1 is 1.03 bits per heavy atom. The molecular weight excluding hydrogens is 479 g/mol. The molecule has 2 aliphatic carbocycles. The average molecular weight is 517 g/mol. The summed E-state index contributed by atoms with van der Waals surface area (Å²) in [4.78, 5) is 11.4. The Bertz CT molecular complexity index is 1310. The third-order valence-corrected chi connectivity index (χ3v) is 8.49. The highest BCUT2D eigenvalue weighted by atomic mass is 19.1. The van der Waals surface area contributed by atoms with Crippen LogP contribution in [0.3, 0.4) is 0 Å². The molecule has 0 unspecified atom stereocenters. The number of hydrogen-bond acceptors (Lipinski definition) is 3. The van der Waals surface area contributed by atoms with Crippen molar-refractivity contribution in [1.82, 2.24) is 0 Å². The van der Waals surface area contributed by atoms with E-state index in [4.69, 9.17) is 9.47 Å². The van der Waals surface area contributed by atoms with Crippen molar-refractivity contribution in [3.8, 4) is 22.6 Å². The lowest BCUT2D eigenvalue weighted by Crippen LogP contribution is -2.17. The lowest BCUT2D eigenvalue weighted by Gasteiger charge is -2.30. The number of methoxy groups -OCH3 is 1. The monoisotopic (exact) mass is 516 g/mol. The van der Waals surface area contributed by atoms with Gasteiger partial charge in [0.05, 0.1) is 13.5 Å². The lowest BCUT2D eigenvalue weighted by molar-refractivity contribution is -0.137. The molecule has 0 aliphatic heterocycles. The van der Waals surface area contributed by atoms with Crippen LogP contribution in [0.25, 0.3) is 11.1 Å². The van der Waals surface area contributed by atoms with Crippen molar-refractivity contribution in [2.45, 2.75) is 70.8 Å². The minimum atomic E-state index is -0.761. The van der Waals surface area contributed by atoms with Gasteiger partial charge in [-0.2, -0.15) is 0 Å². The largest absolute Gasteiger partial charge is 0.497 e. The van der Waals surface area contributed by atoms with Crippen LogP contribution in [0.2, 0.25) is 0 Å². The molecule has 5 heteroatoms. The van der Waals surface area contributed by atoms with E-state index in [1.807, 2.05) is 36.4 Å². The van der Waals surface area contributed by atoms with E-state index in [-0.39, 0.29) is 23.6 Å². The minimum absolute atomic E-state index is 0.0318. The second-order valence-electron chi connectivity index (χ2n) is 11.6. The van der Waals surface area contributed by atoms with Gasteiger partial charge in [-0.15, -0.1) is 0 Å². The van der Waals surface area contributed by atoms with Gasteiger partial charge in [0.25, 0.3) is 0 Å². The zero-order valence-electron chi connectivity index (χ0n) is 22.5. The van der Waals surface area contributed by atoms with Crippen LogP contribution in [0.1, 0.15) is 80.9 Å². The maximum atomic E-state index is 15.0. The van der Waals surface area contributed by atoms with Crippen molar-refractivity contribution in [2.75, 3.05) is 7.11 Å². The molecule has 0 radical (unpaired) electrons. The summed E-state index contributed by atoms with van der Waals surface area (Å²) >= 11 is 0. The van der Waals surface area contributed by atoms with Gasteiger partial charge in [-0.05, 0) is 101 Å². The van der Waals surface area contributed by atoms with Crippen LogP contribution in [0.4, 0.5) is 4.39 Å². The standard InChI is InChI=1S/C33H37FO4/c1-33(2)15-5-8-30(33)28-16-21(9-13-26(28)29-18-24(37-3)12-14-31(29)34)20-38-25-7-4-6-23(17-25)27(19-32(35)36)22-10-11-22/h4,6-7,9,12-14,16-18,22,27,30H,5,8,10-11,15,19-20H2,1-3H3,(H,35,36)/t27-,30+/m0/s1. The Labute approximate surface area is 224 Å². The number of carbonyl (C=O) groups is 1. The van der Waals surface area contributed by atoms with Gasteiger partial charge < -0.3 is 14.6 Å². The second kappa shape index (κ2) is 10.8. The van der Waals surface area contributed by atoms with Crippen molar-refractivity contribution < 1.29 is 23.8 Å². The van der Waals surface area contributed by atoms with E-state index in [0.29, 0.717) is 29.8 Å². The highest BCUT2D eigenvalue weighted by Crippen LogP contribution is 2.51. The zero-order chi connectivity index (χ0) is 26.9. The normalized spacial score (nSPS) is 19.2. The number of carboxylic acid groups (broad SMARTS) is 1. The maximum Gasteiger partial charge on any atom is 0.303 e. The molecular formula is C33H37FO4.